The Morgan fingerprint density at radius 3 is 2.48 bits per heavy atom. The summed E-state index contributed by atoms with van der Waals surface area (Å²) in [7, 11) is 0. The number of nitrogens with zero attached hydrogens (tertiary/aromatic N) is 3. The number of aromatic nitrogens is 2. The lowest BCUT2D eigenvalue weighted by Gasteiger charge is -2.17. The zero-order chi connectivity index (χ0) is 17.1. The summed E-state index contributed by atoms with van der Waals surface area (Å²) in [5, 5.41) is 2.83. The average Bonchev–Trinajstić information content (AvgIpc) is 3.36. The fraction of sp³-hybridized carbons (Fsp3) is 0.211. The second kappa shape index (κ2) is 6.76. The number of nitrogens with one attached hydrogen (secondary N) is 1. The third kappa shape index (κ3) is 3.38. The van der Waals surface area contributed by atoms with Gasteiger partial charge >= 0.3 is 0 Å². The van der Waals surface area contributed by atoms with Gasteiger partial charge < -0.3 is 14.6 Å². The monoisotopic (exact) mass is 334 g/mol. The van der Waals surface area contributed by atoms with Crippen LogP contribution < -0.4 is 10.2 Å². The molecule has 3 aromatic rings. The van der Waals surface area contributed by atoms with Crippen molar-refractivity contribution in [1.29, 1.82) is 0 Å². The first-order valence-corrected chi connectivity index (χ1v) is 8.31. The molecule has 0 aliphatic carbocycles. The standard InChI is InChI=1S/C19H18N4O2/c24-19(15-5-3-14(4-6-15)17-12-20-13-25-17)22-18-8-7-16(11-21-18)23-9-1-2-10-23/h3-8,11-13H,1-2,9-10H2,(H,21,22,24). The van der Waals surface area contributed by atoms with Crippen LogP contribution in [0.25, 0.3) is 11.3 Å². The van der Waals surface area contributed by atoms with E-state index < -0.39 is 0 Å². The van der Waals surface area contributed by atoms with Crippen molar-refractivity contribution in [2.45, 2.75) is 12.8 Å². The van der Waals surface area contributed by atoms with Gasteiger partial charge in [-0.2, -0.15) is 0 Å². The van der Waals surface area contributed by atoms with E-state index >= 15 is 0 Å². The normalized spacial score (nSPS) is 13.8. The molecule has 1 amide bonds. The molecule has 1 aliphatic rings. The van der Waals surface area contributed by atoms with Gasteiger partial charge in [0.15, 0.2) is 12.2 Å². The summed E-state index contributed by atoms with van der Waals surface area (Å²) in [6, 6.07) is 11.0. The number of benzene rings is 1. The molecular formula is C19H18N4O2. The van der Waals surface area contributed by atoms with Crippen LogP contribution in [0.15, 0.2) is 59.6 Å². The zero-order valence-electron chi connectivity index (χ0n) is 13.7. The van der Waals surface area contributed by atoms with Crippen molar-refractivity contribution >= 4 is 17.4 Å². The fourth-order valence-corrected chi connectivity index (χ4v) is 2.96. The van der Waals surface area contributed by atoms with Crippen LogP contribution >= 0.6 is 0 Å². The maximum absolute atomic E-state index is 12.4. The maximum Gasteiger partial charge on any atom is 0.256 e. The number of hydrogen-bond acceptors (Lipinski definition) is 5. The van der Waals surface area contributed by atoms with Gasteiger partial charge in [-0.15, -0.1) is 0 Å². The summed E-state index contributed by atoms with van der Waals surface area (Å²) in [5.74, 6) is 1.03. The molecule has 126 valence electrons. The van der Waals surface area contributed by atoms with Crippen molar-refractivity contribution in [2.24, 2.45) is 0 Å². The van der Waals surface area contributed by atoms with Gasteiger partial charge in [0, 0.05) is 24.2 Å². The molecule has 4 rings (SSSR count). The molecule has 1 aliphatic heterocycles. The first-order chi connectivity index (χ1) is 12.3. The lowest BCUT2D eigenvalue weighted by Crippen LogP contribution is -2.18. The van der Waals surface area contributed by atoms with Crippen LogP contribution in [0.3, 0.4) is 0 Å². The van der Waals surface area contributed by atoms with Crippen molar-refractivity contribution in [2.75, 3.05) is 23.3 Å². The van der Waals surface area contributed by atoms with Gasteiger partial charge in [-0.1, -0.05) is 12.1 Å². The van der Waals surface area contributed by atoms with Crippen molar-refractivity contribution in [3.05, 3.63) is 60.7 Å². The lowest BCUT2D eigenvalue weighted by molar-refractivity contribution is 0.102. The summed E-state index contributed by atoms with van der Waals surface area (Å²) < 4.78 is 5.24. The van der Waals surface area contributed by atoms with E-state index in [0.29, 0.717) is 17.1 Å². The first-order valence-electron chi connectivity index (χ1n) is 8.31. The van der Waals surface area contributed by atoms with E-state index in [1.54, 1.807) is 18.3 Å². The molecule has 1 saturated heterocycles. The highest BCUT2D eigenvalue weighted by Crippen LogP contribution is 2.21. The Morgan fingerprint density at radius 2 is 1.84 bits per heavy atom. The van der Waals surface area contributed by atoms with Gasteiger partial charge in [-0.25, -0.2) is 9.97 Å². The number of carbonyl (C=O) groups excluding carboxylic acids is 1. The SMILES string of the molecule is O=C(Nc1ccc(N2CCCC2)cn1)c1ccc(-c2cnco2)cc1. The van der Waals surface area contributed by atoms with Crippen LogP contribution in [0.4, 0.5) is 11.5 Å². The van der Waals surface area contributed by atoms with E-state index in [1.807, 2.05) is 30.5 Å². The summed E-state index contributed by atoms with van der Waals surface area (Å²) in [5.41, 5.74) is 2.54. The number of oxazole rings is 1. The second-order valence-corrected chi connectivity index (χ2v) is 5.99. The minimum absolute atomic E-state index is 0.189. The Balaban J connectivity index is 1.42. The summed E-state index contributed by atoms with van der Waals surface area (Å²) in [4.78, 5) is 22.9. The smallest absolute Gasteiger partial charge is 0.256 e. The lowest BCUT2D eigenvalue weighted by atomic mass is 10.1. The summed E-state index contributed by atoms with van der Waals surface area (Å²) in [6.07, 6.45) is 7.29. The Hall–Kier alpha value is -3.15. The molecule has 1 N–H and O–H groups in total. The molecule has 6 heteroatoms. The van der Waals surface area contributed by atoms with Crippen LogP contribution in [-0.4, -0.2) is 29.0 Å². The third-order valence-electron chi connectivity index (χ3n) is 4.32. The number of anilines is 2. The minimum Gasteiger partial charge on any atom is -0.444 e. The molecule has 2 aromatic heterocycles. The van der Waals surface area contributed by atoms with E-state index in [0.717, 1.165) is 24.3 Å². The summed E-state index contributed by atoms with van der Waals surface area (Å²) in [6.45, 7) is 2.15. The van der Waals surface area contributed by atoms with Crippen LogP contribution in [0, 0.1) is 0 Å². The number of rotatable bonds is 4. The number of amides is 1. The van der Waals surface area contributed by atoms with Gasteiger partial charge in [0.2, 0.25) is 0 Å². The fourth-order valence-electron chi connectivity index (χ4n) is 2.96. The first kappa shape index (κ1) is 15.4. The van der Waals surface area contributed by atoms with Crippen molar-refractivity contribution < 1.29 is 9.21 Å². The molecule has 0 spiro atoms. The Labute approximate surface area is 145 Å². The largest absolute Gasteiger partial charge is 0.444 e. The number of carbonyl (C=O) groups is 1. The Morgan fingerprint density at radius 1 is 1.04 bits per heavy atom. The van der Waals surface area contributed by atoms with Gasteiger partial charge in [-0.05, 0) is 37.1 Å². The zero-order valence-corrected chi connectivity index (χ0v) is 13.7. The molecule has 0 saturated carbocycles. The molecule has 25 heavy (non-hydrogen) atoms. The van der Waals surface area contributed by atoms with E-state index in [-0.39, 0.29) is 5.91 Å². The molecule has 0 atom stereocenters. The highest BCUT2D eigenvalue weighted by atomic mass is 16.3. The highest BCUT2D eigenvalue weighted by molar-refractivity contribution is 6.04. The van der Waals surface area contributed by atoms with Gasteiger partial charge in [0.25, 0.3) is 5.91 Å². The van der Waals surface area contributed by atoms with E-state index in [4.69, 9.17) is 4.42 Å². The van der Waals surface area contributed by atoms with Crippen LogP contribution in [-0.2, 0) is 0 Å². The third-order valence-corrected chi connectivity index (χ3v) is 4.32. The minimum atomic E-state index is -0.189. The maximum atomic E-state index is 12.4. The van der Waals surface area contributed by atoms with Gasteiger partial charge in [0.05, 0.1) is 18.1 Å². The predicted molar refractivity (Wildman–Crippen MR) is 95.6 cm³/mol. The van der Waals surface area contributed by atoms with E-state index in [9.17, 15) is 4.79 Å². The Kier molecular flexibility index (Phi) is 4.16. The van der Waals surface area contributed by atoms with E-state index in [2.05, 4.69) is 20.2 Å². The molecule has 0 radical (unpaired) electrons. The second-order valence-electron chi connectivity index (χ2n) is 5.99. The number of hydrogen-bond donors (Lipinski definition) is 1. The van der Waals surface area contributed by atoms with Crippen LogP contribution in [0.2, 0.25) is 0 Å². The van der Waals surface area contributed by atoms with Gasteiger partial charge in [0.1, 0.15) is 5.82 Å². The number of pyridine rings is 1. The predicted octanol–water partition coefficient (Wildman–Crippen LogP) is 3.59. The molecular weight excluding hydrogens is 316 g/mol. The average molecular weight is 334 g/mol. The van der Waals surface area contributed by atoms with E-state index in [1.165, 1.54) is 19.2 Å². The van der Waals surface area contributed by atoms with Crippen molar-refractivity contribution in [3.8, 4) is 11.3 Å². The van der Waals surface area contributed by atoms with Crippen molar-refractivity contribution in [1.82, 2.24) is 9.97 Å². The summed E-state index contributed by atoms with van der Waals surface area (Å²) >= 11 is 0. The molecule has 0 bridgehead atoms. The highest BCUT2D eigenvalue weighted by Gasteiger charge is 2.13. The molecule has 0 unspecified atom stereocenters. The topological polar surface area (TPSA) is 71.3 Å². The molecule has 1 fully saturated rings. The van der Waals surface area contributed by atoms with Crippen molar-refractivity contribution in [3.63, 3.8) is 0 Å². The molecule has 3 heterocycles. The Bertz CT molecular complexity index is 836. The van der Waals surface area contributed by atoms with Gasteiger partial charge in [-0.3, -0.25) is 4.79 Å². The quantitative estimate of drug-likeness (QED) is 0.789. The molecule has 1 aromatic carbocycles. The van der Waals surface area contributed by atoms with Crippen LogP contribution in [0.1, 0.15) is 23.2 Å². The van der Waals surface area contributed by atoms with Crippen LogP contribution in [0.5, 0.6) is 0 Å². The molecule has 6 nitrogen and oxygen atoms in total.